The molecule has 0 saturated carbocycles. The molecule has 96 valence electrons. The zero-order chi connectivity index (χ0) is 13.1. The van der Waals surface area contributed by atoms with Crippen LogP contribution in [-0.4, -0.2) is 19.3 Å². The van der Waals surface area contributed by atoms with Gasteiger partial charge in [0.2, 0.25) is 0 Å². The van der Waals surface area contributed by atoms with Gasteiger partial charge in [-0.1, -0.05) is 37.5 Å². The van der Waals surface area contributed by atoms with E-state index in [-0.39, 0.29) is 19.3 Å². The van der Waals surface area contributed by atoms with Crippen molar-refractivity contribution in [1.82, 2.24) is 0 Å². The second kappa shape index (κ2) is 11.6. The van der Waals surface area contributed by atoms with Crippen LogP contribution in [0.3, 0.4) is 0 Å². The standard InChI is InChI=1S/C15H27.ClH.Mg/c1-6-14(4)10-8-12-15(5)11-7-9-13(2)3;;/h6,12-13H,1,7-11H2,2-5H3;1H;/q;;+1/p-1. The Labute approximate surface area is 121 Å². The fourth-order valence-electron chi connectivity index (χ4n) is 1.84. The Kier molecular flexibility index (Phi) is 12.0. The van der Waals surface area contributed by atoms with E-state index in [2.05, 4.69) is 39.8 Å². The highest BCUT2D eigenvalue weighted by molar-refractivity contribution is 6.93. The van der Waals surface area contributed by atoms with Crippen LogP contribution in [0.1, 0.15) is 59.8 Å². The van der Waals surface area contributed by atoms with Crippen molar-refractivity contribution in [1.29, 1.82) is 0 Å². The molecule has 0 fully saturated rings. The van der Waals surface area contributed by atoms with Crippen LogP contribution in [0.2, 0.25) is 4.55 Å². The highest BCUT2D eigenvalue weighted by Crippen LogP contribution is 2.14. The molecule has 0 aromatic carbocycles. The molecular weight excluding hydrogens is 240 g/mol. The van der Waals surface area contributed by atoms with Gasteiger partial charge < -0.3 is 9.07 Å². The Balaban J connectivity index is 3.69. The van der Waals surface area contributed by atoms with Gasteiger partial charge in [-0.05, 0) is 45.4 Å². The van der Waals surface area contributed by atoms with Crippen LogP contribution in [0.5, 0.6) is 0 Å². The molecule has 0 rings (SSSR count). The van der Waals surface area contributed by atoms with E-state index >= 15 is 0 Å². The summed E-state index contributed by atoms with van der Waals surface area (Å²) in [6, 6.07) is 0. The number of halogens is 1. The number of rotatable bonds is 9. The van der Waals surface area contributed by atoms with Crippen molar-refractivity contribution in [2.75, 3.05) is 0 Å². The largest absolute Gasteiger partial charge is 0.504 e. The summed E-state index contributed by atoms with van der Waals surface area (Å²) in [5, 5.41) is 0. The summed E-state index contributed by atoms with van der Waals surface area (Å²) in [4.78, 5) is 0. The van der Waals surface area contributed by atoms with Crippen molar-refractivity contribution < 1.29 is 0 Å². The summed E-state index contributed by atoms with van der Waals surface area (Å²) >= 11 is -0.306. The maximum atomic E-state index is 5.80. The Morgan fingerprint density at radius 2 is 1.76 bits per heavy atom. The first-order valence-corrected chi connectivity index (χ1v) is 10.1. The maximum absolute atomic E-state index is 5.80. The predicted molar refractivity (Wildman–Crippen MR) is 81.9 cm³/mol. The molecule has 0 spiro atoms. The summed E-state index contributed by atoms with van der Waals surface area (Å²) in [7, 11) is 5.80. The van der Waals surface area contributed by atoms with Gasteiger partial charge in [-0.3, -0.25) is 0 Å². The van der Waals surface area contributed by atoms with Crippen molar-refractivity contribution in [3.05, 3.63) is 23.3 Å². The zero-order valence-corrected chi connectivity index (χ0v) is 14.2. The summed E-state index contributed by atoms with van der Waals surface area (Å²) < 4.78 is 1.14. The minimum Gasteiger partial charge on any atom is -0.346 e. The normalized spacial score (nSPS) is 13.1. The molecule has 0 heterocycles. The second-order valence-electron chi connectivity index (χ2n) is 5.40. The van der Waals surface area contributed by atoms with Crippen molar-refractivity contribution in [3.8, 4) is 0 Å². The SMILES string of the molecule is CC(=C[CH2][Mg][Cl])CCC=C(C)CCCC(C)C. The molecule has 0 aliphatic rings. The van der Waals surface area contributed by atoms with E-state index in [4.69, 9.17) is 9.07 Å². The number of allylic oxidation sites excluding steroid dienone is 4. The topological polar surface area (TPSA) is 0 Å². The van der Waals surface area contributed by atoms with Gasteiger partial charge in [0.25, 0.3) is 0 Å². The number of hydrogen-bond acceptors (Lipinski definition) is 0. The van der Waals surface area contributed by atoms with Crippen LogP contribution < -0.4 is 0 Å². The van der Waals surface area contributed by atoms with E-state index in [0.29, 0.717) is 0 Å². The van der Waals surface area contributed by atoms with Crippen molar-refractivity contribution in [2.24, 2.45) is 5.92 Å². The van der Waals surface area contributed by atoms with Gasteiger partial charge in [-0.15, -0.1) is 10.6 Å². The molecule has 0 radical (unpaired) electrons. The van der Waals surface area contributed by atoms with Crippen LogP contribution in [0.4, 0.5) is 0 Å². The van der Waals surface area contributed by atoms with Gasteiger partial charge in [0.1, 0.15) is 0 Å². The minimum atomic E-state index is -0.306. The molecule has 0 bridgehead atoms. The second-order valence-corrected chi connectivity index (χ2v) is 7.49. The third kappa shape index (κ3) is 12.8. The molecule has 0 aromatic rings. The van der Waals surface area contributed by atoms with E-state index in [0.717, 1.165) is 10.5 Å². The molecule has 0 amide bonds. The molecule has 2 heteroatoms. The van der Waals surface area contributed by atoms with Gasteiger partial charge >= 0.3 is 19.3 Å². The van der Waals surface area contributed by atoms with Crippen LogP contribution in [0.25, 0.3) is 0 Å². The van der Waals surface area contributed by atoms with E-state index in [9.17, 15) is 0 Å². The van der Waals surface area contributed by atoms with Gasteiger partial charge in [-0.25, -0.2) is 0 Å². The Bertz CT molecular complexity index is 241. The predicted octanol–water partition coefficient (Wildman–Crippen LogP) is 5.76. The lowest BCUT2D eigenvalue weighted by atomic mass is 10.0. The molecule has 0 aliphatic heterocycles. The molecule has 0 atom stereocenters. The van der Waals surface area contributed by atoms with Gasteiger partial charge in [0, 0.05) is 0 Å². The first-order chi connectivity index (χ1) is 8.06. The summed E-state index contributed by atoms with van der Waals surface area (Å²) in [6.45, 7) is 9.09. The summed E-state index contributed by atoms with van der Waals surface area (Å²) in [5.41, 5.74) is 3.06. The fourth-order valence-corrected chi connectivity index (χ4v) is 2.77. The van der Waals surface area contributed by atoms with Crippen molar-refractivity contribution in [3.63, 3.8) is 0 Å². The van der Waals surface area contributed by atoms with E-state index < -0.39 is 0 Å². The van der Waals surface area contributed by atoms with Crippen LogP contribution in [0, 0.1) is 5.92 Å². The first-order valence-electron chi connectivity index (χ1n) is 6.93. The third-order valence-corrected chi connectivity index (χ3v) is 4.15. The van der Waals surface area contributed by atoms with E-state index in [1.54, 1.807) is 5.57 Å². The Morgan fingerprint density at radius 1 is 1.12 bits per heavy atom. The summed E-state index contributed by atoms with van der Waals surface area (Å²) in [5.74, 6) is 0.840. The zero-order valence-electron chi connectivity index (χ0n) is 12.1. The van der Waals surface area contributed by atoms with Gasteiger partial charge in [0.15, 0.2) is 0 Å². The lowest BCUT2D eigenvalue weighted by Crippen LogP contribution is -1.88. The summed E-state index contributed by atoms with van der Waals surface area (Å²) in [6.07, 6.45) is 11.1. The van der Waals surface area contributed by atoms with Gasteiger partial charge in [-0.2, -0.15) is 0 Å². The van der Waals surface area contributed by atoms with E-state index in [1.165, 1.54) is 37.7 Å². The molecule has 17 heavy (non-hydrogen) atoms. The molecule has 0 N–H and O–H groups in total. The smallest absolute Gasteiger partial charge is 0.346 e. The Hall–Kier alpha value is 0.536. The van der Waals surface area contributed by atoms with Crippen LogP contribution in [0.15, 0.2) is 23.3 Å². The van der Waals surface area contributed by atoms with Crippen molar-refractivity contribution >= 4 is 28.3 Å². The molecule has 0 unspecified atom stereocenters. The molecular formula is C15H27ClMg. The van der Waals surface area contributed by atoms with Crippen LogP contribution in [-0.2, 0) is 0 Å². The average Bonchev–Trinajstić information content (AvgIpc) is 2.25. The average molecular weight is 267 g/mol. The number of hydrogen-bond donors (Lipinski definition) is 0. The lowest BCUT2D eigenvalue weighted by Gasteiger charge is -2.05. The fraction of sp³-hybridized carbons (Fsp3) is 0.733. The van der Waals surface area contributed by atoms with Crippen molar-refractivity contribution in [2.45, 2.75) is 64.3 Å². The first kappa shape index (κ1) is 17.5. The van der Waals surface area contributed by atoms with E-state index in [1.807, 2.05) is 0 Å². The molecule has 0 aromatic heterocycles. The highest BCUT2D eigenvalue weighted by Gasteiger charge is 1.96. The van der Waals surface area contributed by atoms with Crippen LogP contribution >= 0.6 is 9.07 Å². The monoisotopic (exact) mass is 266 g/mol. The quantitative estimate of drug-likeness (QED) is 0.368. The Morgan fingerprint density at radius 3 is 2.35 bits per heavy atom. The lowest BCUT2D eigenvalue weighted by molar-refractivity contribution is 0.554. The highest BCUT2D eigenvalue weighted by atomic mass is 35.5. The molecule has 0 saturated heterocycles. The minimum absolute atomic E-state index is 0.306. The molecule has 0 nitrogen and oxygen atoms in total. The maximum Gasteiger partial charge on any atom is 0.504 e. The third-order valence-electron chi connectivity index (χ3n) is 2.99. The van der Waals surface area contributed by atoms with Gasteiger partial charge in [0.05, 0.1) is 0 Å². The molecule has 0 aliphatic carbocycles.